The van der Waals surface area contributed by atoms with Gasteiger partial charge < -0.3 is 14.2 Å². The van der Waals surface area contributed by atoms with E-state index in [9.17, 15) is 20.2 Å². The Balaban J connectivity index is 0.000000408. The number of hydrogen-bond donors (Lipinski definition) is 1. The first-order chi connectivity index (χ1) is 20.7. The fraction of sp³-hybridized carbons (Fsp3) is 0.273. The van der Waals surface area contributed by atoms with Crippen molar-refractivity contribution in [2.24, 2.45) is 9.98 Å². The van der Waals surface area contributed by atoms with Crippen molar-refractivity contribution in [1.82, 2.24) is 9.13 Å². The Bertz CT molecular complexity index is 1660. The Morgan fingerprint density at radius 2 is 1.41 bits per heavy atom. The minimum Gasteiger partial charge on any atom is -0.400 e. The van der Waals surface area contributed by atoms with E-state index in [4.69, 9.17) is 5.11 Å². The number of aliphatic hydroxyl groups excluding tert-OH is 1. The highest BCUT2D eigenvalue weighted by Crippen LogP contribution is 2.26. The van der Waals surface area contributed by atoms with Crippen molar-refractivity contribution < 1.29 is 15.0 Å². The molecule has 2 heterocycles. The predicted octanol–water partition coefficient (Wildman–Crippen LogP) is 6.70. The molecule has 0 aliphatic rings. The van der Waals surface area contributed by atoms with Crippen LogP contribution in [0.5, 0.6) is 0 Å². The molecule has 2 aromatic carbocycles. The maximum Gasteiger partial charge on any atom is 0.274 e. The van der Waals surface area contributed by atoms with Gasteiger partial charge >= 0.3 is 0 Å². The zero-order valence-corrected chi connectivity index (χ0v) is 24.9. The van der Waals surface area contributed by atoms with E-state index in [1.807, 2.05) is 67.2 Å². The second-order valence-corrected chi connectivity index (χ2v) is 9.24. The van der Waals surface area contributed by atoms with E-state index in [0.717, 1.165) is 36.7 Å². The van der Waals surface area contributed by atoms with Gasteiger partial charge in [-0.2, -0.15) is 0 Å². The van der Waals surface area contributed by atoms with Crippen molar-refractivity contribution in [1.29, 1.82) is 0 Å². The summed E-state index contributed by atoms with van der Waals surface area (Å²) in [5.41, 5.74) is 3.83. The third-order valence-corrected chi connectivity index (χ3v) is 6.14. The summed E-state index contributed by atoms with van der Waals surface area (Å²) in [5.74, 6) is 0. The number of para-hydroxylation sites is 2. The maximum atomic E-state index is 11.1. The average Bonchev–Trinajstić information content (AvgIpc) is 3.02. The Hall–Kier alpha value is -5.16. The molecule has 0 saturated heterocycles. The smallest absolute Gasteiger partial charge is 0.274 e. The van der Waals surface area contributed by atoms with Gasteiger partial charge in [0.25, 0.3) is 11.4 Å². The van der Waals surface area contributed by atoms with Gasteiger partial charge in [0.15, 0.2) is 0 Å². The number of aliphatic hydroxyl groups is 1. The van der Waals surface area contributed by atoms with E-state index in [0.29, 0.717) is 17.7 Å². The third-order valence-electron chi connectivity index (χ3n) is 6.14. The summed E-state index contributed by atoms with van der Waals surface area (Å²) in [4.78, 5) is 30.4. The molecule has 234 valence electrons. The molecule has 44 heavy (non-hydrogen) atoms. The van der Waals surface area contributed by atoms with Gasteiger partial charge in [-0.1, -0.05) is 69.5 Å². The normalized spacial score (nSPS) is 11.6. The minimum absolute atomic E-state index is 0. The fourth-order valence-electron chi connectivity index (χ4n) is 4.17. The summed E-state index contributed by atoms with van der Waals surface area (Å²) in [6.45, 7) is 10.9. The van der Waals surface area contributed by atoms with E-state index in [-0.39, 0.29) is 34.7 Å². The van der Waals surface area contributed by atoms with Gasteiger partial charge in [-0.3, -0.25) is 30.2 Å². The van der Waals surface area contributed by atoms with E-state index in [1.54, 1.807) is 36.4 Å². The summed E-state index contributed by atoms with van der Waals surface area (Å²) in [5, 5.41) is 29.1. The van der Waals surface area contributed by atoms with Crippen molar-refractivity contribution in [3.63, 3.8) is 0 Å². The van der Waals surface area contributed by atoms with E-state index >= 15 is 0 Å². The van der Waals surface area contributed by atoms with Crippen LogP contribution in [0.3, 0.4) is 0 Å². The van der Waals surface area contributed by atoms with Crippen LogP contribution >= 0.6 is 0 Å². The predicted molar refractivity (Wildman–Crippen MR) is 174 cm³/mol. The van der Waals surface area contributed by atoms with Crippen molar-refractivity contribution in [2.45, 2.75) is 53.8 Å². The second kappa shape index (κ2) is 19.1. The molecule has 0 bridgehead atoms. The first-order valence-electron chi connectivity index (χ1n) is 13.7. The highest BCUT2D eigenvalue weighted by molar-refractivity contribution is 5.42. The number of aromatic nitrogens is 2. The largest absolute Gasteiger partial charge is 0.400 e. The first kappa shape index (κ1) is 36.9. The number of pyridine rings is 2. The van der Waals surface area contributed by atoms with Crippen LogP contribution in [0.1, 0.15) is 51.8 Å². The van der Waals surface area contributed by atoms with E-state index < -0.39 is 0 Å². The van der Waals surface area contributed by atoms with Gasteiger partial charge in [-0.25, -0.2) is 0 Å². The zero-order valence-electron chi connectivity index (χ0n) is 24.9. The molecule has 11 heteroatoms. The molecule has 1 N–H and O–H groups in total. The van der Waals surface area contributed by atoms with Gasteiger partial charge in [0.1, 0.15) is 11.0 Å². The van der Waals surface area contributed by atoms with Crippen LogP contribution < -0.4 is 11.0 Å². The van der Waals surface area contributed by atoms with Gasteiger partial charge in [0, 0.05) is 43.9 Å². The number of rotatable bonds is 9. The van der Waals surface area contributed by atoms with E-state index in [2.05, 4.69) is 28.1 Å². The molecule has 4 aromatic rings. The van der Waals surface area contributed by atoms with Crippen molar-refractivity contribution in [3.8, 4) is 0 Å². The number of hydrogen-bond acceptors (Lipinski definition) is 7. The van der Waals surface area contributed by atoms with Crippen LogP contribution in [-0.2, 0) is 13.1 Å². The molecule has 1 atom stereocenters. The number of benzene rings is 2. The SMILES string of the molecule is C.C=C(C)n1ccccc1=NC(C)c1ccccc1[N+](=O)[O-].CCCn1ccccc1=NCc1ccccc1[N+](=O)[O-].CO. The Morgan fingerprint density at radius 3 is 2.02 bits per heavy atom. The lowest BCUT2D eigenvalue weighted by Crippen LogP contribution is -2.19. The van der Waals surface area contributed by atoms with E-state index in [1.165, 1.54) is 12.1 Å². The first-order valence-corrected chi connectivity index (χ1v) is 13.7. The topological polar surface area (TPSA) is 141 Å². The molecule has 0 aliphatic carbocycles. The number of nitrogens with zero attached hydrogens (tertiary/aromatic N) is 6. The van der Waals surface area contributed by atoms with Crippen LogP contribution in [0, 0.1) is 20.2 Å². The summed E-state index contributed by atoms with van der Waals surface area (Å²) in [7, 11) is 1.00. The lowest BCUT2D eigenvalue weighted by atomic mass is 10.1. The van der Waals surface area contributed by atoms with Crippen LogP contribution in [0.25, 0.3) is 5.70 Å². The van der Waals surface area contributed by atoms with Gasteiger partial charge in [0.05, 0.1) is 33.6 Å². The van der Waals surface area contributed by atoms with Gasteiger partial charge in [-0.05, 0) is 44.5 Å². The van der Waals surface area contributed by atoms with Gasteiger partial charge in [0.2, 0.25) is 0 Å². The summed E-state index contributed by atoms with van der Waals surface area (Å²) >= 11 is 0. The molecule has 0 aliphatic heterocycles. The molecule has 0 amide bonds. The summed E-state index contributed by atoms with van der Waals surface area (Å²) < 4.78 is 3.90. The number of nitro benzene ring substituents is 2. The van der Waals surface area contributed by atoms with Crippen LogP contribution in [0.2, 0.25) is 0 Å². The molecule has 0 saturated carbocycles. The standard InChI is InChI=1S/C16H17N3O2.C15H17N3O2.CH4O.CH4/c1-12(2)18-11-7-6-10-16(18)17-13(3)14-8-4-5-9-15(14)19(20)21;1-2-10-17-11-6-5-9-15(17)16-12-13-7-3-4-8-14(13)18(19)20;1-2;/h4-11,13H,1H2,2-3H3;3-9,11H,2,10,12H2,1H3;2H,1H3;1H4. The van der Waals surface area contributed by atoms with Crippen LogP contribution in [-0.4, -0.2) is 31.2 Å². The molecule has 2 aromatic heterocycles. The molecule has 0 fully saturated rings. The Kier molecular flexibility index (Phi) is 16.0. The highest BCUT2D eigenvalue weighted by Gasteiger charge is 2.17. The summed E-state index contributed by atoms with van der Waals surface area (Å²) in [6, 6.07) is 24.5. The fourth-order valence-corrected chi connectivity index (χ4v) is 4.17. The van der Waals surface area contributed by atoms with Crippen molar-refractivity contribution >= 4 is 17.1 Å². The molecule has 11 nitrogen and oxygen atoms in total. The molecule has 0 radical (unpaired) electrons. The molecule has 0 spiro atoms. The Labute approximate surface area is 258 Å². The second-order valence-electron chi connectivity index (χ2n) is 9.24. The van der Waals surface area contributed by atoms with Crippen molar-refractivity contribution in [2.75, 3.05) is 7.11 Å². The van der Waals surface area contributed by atoms with Crippen LogP contribution in [0.15, 0.2) is 114 Å². The quantitative estimate of drug-likeness (QED) is 0.168. The lowest BCUT2D eigenvalue weighted by Gasteiger charge is -2.10. The molecular weight excluding hydrogens is 560 g/mol. The van der Waals surface area contributed by atoms with Crippen molar-refractivity contribution in [3.05, 3.63) is 146 Å². The lowest BCUT2D eigenvalue weighted by molar-refractivity contribution is -0.385. The number of aryl methyl sites for hydroxylation is 1. The monoisotopic (exact) mass is 602 g/mol. The summed E-state index contributed by atoms with van der Waals surface area (Å²) in [6.07, 6.45) is 4.86. The number of nitro groups is 2. The highest BCUT2D eigenvalue weighted by atomic mass is 16.6. The molecular formula is C33H42N6O5. The molecule has 4 rings (SSSR count). The minimum atomic E-state index is -0.376. The zero-order chi connectivity index (χ0) is 31.8. The average molecular weight is 603 g/mol. The third kappa shape index (κ3) is 10.6. The molecule has 1 unspecified atom stereocenters. The van der Waals surface area contributed by atoms with Crippen LogP contribution in [0.4, 0.5) is 11.4 Å². The Morgan fingerprint density at radius 1 is 0.864 bits per heavy atom. The number of allylic oxidation sites excluding steroid dienone is 1. The maximum absolute atomic E-state index is 11.1. The van der Waals surface area contributed by atoms with Gasteiger partial charge in [-0.15, -0.1) is 0 Å².